The van der Waals surface area contributed by atoms with E-state index < -0.39 is 0 Å². The SMILES string of the molecule is C/C(=C\c1ccccc1)[C@H]1Oc2ccccc2[C@H]2CC(c3cccs3)=NN12. The molecule has 4 heteroatoms. The predicted octanol–water partition coefficient (Wildman–Crippen LogP) is 5.72. The predicted molar refractivity (Wildman–Crippen MR) is 111 cm³/mol. The number of hydrogen-bond acceptors (Lipinski definition) is 4. The lowest BCUT2D eigenvalue weighted by Crippen LogP contribution is -2.41. The highest BCUT2D eigenvalue weighted by molar-refractivity contribution is 7.12. The Morgan fingerprint density at radius 1 is 1.07 bits per heavy atom. The smallest absolute Gasteiger partial charge is 0.209 e. The first-order valence-corrected chi connectivity index (χ1v) is 10.1. The van der Waals surface area contributed by atoms with Crippen LogP contribution in [0.1, 0.15) is 35.4 Å². The van der Waals surface area contributed by atoms with Crippen LogP contribution in [0, 0.1) is 0 Å². The molecule has 27 heavy (non-hydrogen) atoms. The van der Waals surface area contributed by atoms with E-state index >= 15 is 0 Å². The number of para-hydroxylation sites is 1. The molecule has 0 N–H and O–H groups in total. The number of hydrogen-bond donors (Lipinski definition) is 0. The molecule has 0 radical (unpaired) electrons. The van der Waals surface area contributed by atoms with Crippen LogP contribution in [-0.4, -0.2) is 16.9 Å². The van der Waals surface area contributed by atoms with Crippen LogP contribution >= 0.6 is 11.3 Å². The number of nitrogens with zero attached hydrogens (tertiary/aromatic N) is 2. The highest BCUT2D eigenvalue weighted by Gasteiger charge is 2.40. The summed E-state index contributed by atoms with van der Waals surface area (Å²) in [6, 6.07) is 23.2. The third kappa shape index (κ3) is 2.96. The van der Waals surface area contributed by atoms with Gasteiger partial charge in [0.25, 0.3) is 0 Å². The second-order valence-corrected chi connectivity index (χ2v) is 7.88. The minimum Gasteiger partial charge on any atom is -0.465 e. The van der Waals surface area contributed by atoms with Crippen LogP contribution in [0.5, 0.6) is 5.75 Å². The molecule has 2 aliphatic heterocycles. The summed E-state index contributed by atoms with van der Waals surface area (Å²) >= 11 is 1.75. The Morgan fingerprint density at radius 2 is 1.89 bits per heavy atom. The normalized spacial score (nSPS) is 21.3. The molecule has 3 aromatic rings. The van der Waals surface area contributed by atoms with Crippen LogP contribution in [0.4, 0.5) is 0 Å². The Kier molecular flexibility index (Phi) is 4.06. The fourth-order valence-corrected chi connectivity index (χ4v) is 4.53. The number of rotatable bonds is 3. The van der Waals surface area contributed by atoms with Crippen LogP contribution in [0.15, 0.2) is 82.8 Å². The van der Waals surface area contributed by atoms with E-state index in [1.807, 2.05) is 12.1 Å². The largest absolute Gasteiger partial charge is 0.465 e. The Morgan fingerprint density at radius 3 is 2.70 bits per heavy atom. The molecule has 0 saturated carbocycles. The molecule has 2 aromatic carbocycles. The van der Waals surface area contributed by atoms with Gasteiger partial charge in [0.2, 0.25) is 6.23 Å². The average molecular weight is 372 g/mol. The number of ether oxygens (including phenoxy) is 1. The van der Waals surface area contributed by atoms with Crippen molar-refractivity contribution in [1.29, 1.82) is 0 Å². The lowest BCUT2D eigenvalue weighted by molar-refractivity contribution is 0.00965. The molecule has 2 aliphatic rings. The van der Waals surface area contributed by atoms with Crippen molar-refractivity contribution in [2.24, 2.45) is 5.10 Å². The Hall–Kier alpha value is -2.85. The van der Waals surface area contributed by atoms with Gasteiger partial charge in [0.15, 0.2) is 0 Å². The lowest BCUT2D eigenvalue weighted by atomic mass is 9.97. The van der Waals surface area contributed by atoms with Crippen molar-refractivity contribution in [3.8, 4) is 5.75 Å². The van der Waals surface area contributed by atoms with Crippen molar-refractivity contribution in [2.45, 2.75) is 25.6 Å². The molecule has 0 fully saturated rings. The van der Waals surface area contributed by atoms with E-state index in [2.05, 4.69) is 78.0 Å². The maximum atomic E-state index is 6.40. The van der Waals surface area contributed by atoms with E-state index in [1.54, 1.807) is 11.3 Å². The van der Waals surface area contributed by atoms with Crippen LogP contribution < -0.4 is 4.74 Å². The summed E-state index contributed by atoms with van der Waals surface area (Å²) in [7, 11) is 0. The van der Waals surface area contributed by atoms with Gasteiger partial charge in [-0.15, -0.1) is 11.3 Å². The molecule has 0 saturated heterocycles. The molecule has 5 rings (SSSR count). The zero-order valence-corrected chi connectivity index (χ0v) is 15.9. The van der Waals surface area contributed by atoms with Crippen molar-refractivity contribution in [1.82, 2.24) is 5.01 Å². The Labute approximate surface area is 163 Å². The molecule has 0 amide bonds. The van der Waals surface area contributed by atoms with E-state index in [0.717, 1.165) is 23.5 Å². The van der Waals surface area contributed by atoms with Crippen molar-refractivity contribution >= 4 is 23.1 Å². The van der Waals surface area contributed by atoms with Gasteiger partial charge in [0.05, 0.1) is 16.6 Å². The van der Waals surface area contributed by atoms with Crippen molar-refractivity contribution in [2.75, 3.05) is 0 Å². The summed E-state index contributed by atoms with van der Waals surface area (Å²) in [4.78, 5) is 1.24. The highest BCUT2D eigenvalue weighted by Crippen LogP contribution is 2.44. The quantitative estimate of drug-likeness (QED) is 0.587. The lowest BCUT2D eigenvalue weighted by Gasteiger charge is -2.38. The number of hydrazone groups is 1. The average Bonchev–Trinajstić information content (AvgIpc) is 3.38. The van der Waals surface area contributed by atoms with Crippen LogP contribution in [-0.2, 0) is 0 Å². The van der Waals surface area contributed by atoms with E-state index in [1.165, 1.54) is 16.0 Å². The second kappa shape index (κ2) is 6.71. The van der Waals surface area contributed by atoms with Gasteiger partial charge in [0, 0.05) is 12.0 Å². The van der Waals surface area contributed by atoms with Gasteiger partial charge < -0.3 is 4.74 Å². The Balaban J connectivity index is 1.56. The highest BCUT2D eigenvalue weighted by atomic mass is 32.1. The summed E-state index contributed by atoms with van der Waals surface area (Å²) in [6.45, 7) is 2.13. The minimum absolute atomic E-state index is 0.192. The summed E-state index contributed by atoms with van der Waals surface area (Å²) in [5, 5.41) is 9.24. The molecule has 134 valence electrons. The van der Waals surface area contributed by atoms with Gasteiger partial charge in [-0.25, -0.2) is 5.01 Å². The van der Waals surface area contributed by atoms with Gasteiger partial charge in [-0.05, 0) is 35.6 Å². The molecule has 0 spiro atoms. The van der Waals surface area contributed by atoms with Crippen LogP contribution in [0.25, 0.3) is 6.08 Å². The first kappa shape index (κ1) is 16.3. The number of benzene rings is 2. The fraction of sp³-hybridized carbons (Fsp3) is 0.174. The topological polar surface area (TPSA) is 24.8 Å². The molecule has 3 nitrogen and oxygen atoms in total. The van der Waals surface area contributed by atoms with Crippen molar-refractivity contribution in [3.05, 3.63) is 93.7 Å². The van der Waals surface area contributed by atoms with Crippen molar-refractivity contribution in [3.63, 3.8) is 0 Å². The molecule has 3 heterocycles. The summed E-state index contributed by atoms with van der Waals surface area (Å²) < 4.78 is 6.40. The fourth-order valence-electron chi connectivity index (χ4n) is 3.81. The zero-order chi connectivity index (χ0) is 18.2. The van der Waals surface area contributed by atoms with Crippen LogP contribution in [0.2, 0.25) is 0 Å². The minimum atomic E-state index is -0.192. The van der Waals surface area contributed by atoms with Gasteiger partial charge in [0.1, 0.15) is 5.75 Å². The maximum absolute atomic E-state index is 6.40. The first-order chi connectivity index (χ1) is 13.3. The monoisotopic (exact) mass is 372 g/mol. The Bertz CT molecular complexity index is 1010. The third-order valence-electron chi connectivity index (χ3n) is 5.09. The summed E-state index contributed by atoms with van der Waals surface area (Å²) in [5.74, 6) is 0.965. The molecule has 0 bridgehead atoms. The summed E-state index contributed by atoms with van der Waals surface area (Å²) in [5.41, 5.74) is 4.69. The zero-order valence-electron chi connectivity index (χ0n) is 15.1. The second-order valence-electron chi connectivity index (χ2n) is 6.93. The van der Waals surface area contributed by atoms with Gasteiger partial charge in [-0.1, -0.05) is 60.7 Å². The molecule has 0 unspecified atom stereocenters. The molecular formula is C23H20N2OS. The molecule has 2 atom stereocenters. The molecule has 1 aromatic heterocycles. The number of fused-ring (bicyclic) bond motifs is 3. The molecular weight excluding hydrogens is 352 g/mol. The van der Waals surface area contributed by atoms with Crippen molar-refractivity contribution < 1.29 is 4.74 Å². The third-order valence-corrected chi connectivity index (χ3v) is 6.01. The first-order valence-electron chi connectivity index (χ1n) is 9.18. The van der Waals surface area contributed by atoms with E-state index in [0.29, 0.717) is 0 Å². The van der Waals surface area contributed by atoms with Gasteiger partial charge in [-0.3, -0.25) is 0 Å². The molecule has 0 aliphatic carbocycles. The van der Waals surface area contributed by atoms with Crippen LogP contribution in [0.3, 0.4) is 0 Å². The van der Waals surface area contributed by atoms with E-state index in [-0.39, 0.29) is 12.3 Å². The standard InChI is InChI=1S/C23H20N2OS/c1-16(14-17-8-3-2-4-9-17)23-25-20(18-10-5-6-11-21(18)26-23)15-19(24-25)22-12-7-13-27-22/h2-14,20,23H,15H2,1H3/b16-14+/t20-,23-/m1/s1. The van der Waals surface area contributed by atoms with Gasteiger partial charge in [-0.2, -0.15) is 5.10 Å². The maximum Gasteiger partial charge on any atom is 0.209 e. The summed E-state index contributed by atoms with van der Waals surface area (Å²) in [6.07, 6.45) is 2.91. The van der Waals surface area contributed by atoms with Gasteiger partial charge >= 0.3 is 0 Å². The van der Waals surface area contributed by atoms with E-state index in [9.17, 15) is 0 Å². The van der Waals surface area contributed by atoms with E-state index in [4.69, 9.17) is 9.84 Å². The number of thiophene rings is 1.